The molecule has 0 radical (unpaired) electrons. The van der Waals surface area contributed by atoms with Crippen molar-refractivity contribution in [2.75, 3.05) is 6.54 Å². The first kappa shape index (κ1) is 20.1. The van der Waals surface area contributed by atoms with Gasteiger partial charge in [0.05, 0.1) is 12.0 Å². The molecule has 1 aliphatic carbocycles. The van der Waals surface area contributed by atoms with E-state index in [1.807, 2.05) is 26.0 Å². The van der Waals surface area contributed by atoms with Crippen molar-refractivity contribution in [1.82, 2.24) is 9.47 Å². The van der Waals surface area contributed by atoms with Crippen LogP contribution in [0.3, 0.4) is 0 Å². The van der Waals surface area contributed by atoms with E-state index in [4.69, 9.17) is 0 Å². The zero-order valence-corrected chi connectivity index (χ0v) is 18.0. The summed E-state index contributed by atoms with van der Waals surface area (Å²) in [5.74, 6) is -0.450. The van der Waals surface area contributed by atoms with E-state index in [0.29, 0.717) is 5.56 Å². The van der Waals surface area contributed by atoms with Gasteiger partial charge in [0.15, 0.2) is 5.78 Å². The van der Waals surface area contributed by atoms with Crippen molar-refractivity contribution in [3.05, 3.63) is 45.4 Å². The summed E-state index contributed by atoms with van der Waals surface area (Å²) in [6, 6.07) is 6.07. The molecule has 2 amide bonds. The zero-order chi connectivity index (χ0) is 20.6. The predicted octanol–water partition coefficient (Wildman–Crippen LogP) is 4.30. The maximum atomic E-state index is 13.0. The van der Waals surface area contributed by atoms with Crippen molar-refractivity contribution in [3.63, 3.8) is 0 Å². The minimum absolute atomic E-state index is 0.123. The van der Waals surface area contributed by atoms with Gasteiger partial charge in [-0.25, -0.2) is 0 Å². The number of hydrogen-bond donors (Lipinski definition) is 0. The highest BCUT2D eigenvalue weighted by molar-refractivity contribution is 7.09. The summed E-state index contributed by atoms with van der Waals surface area (Å²) in [6.07, 6.45) is 5.86. The molecule has 2 aromatic heterocycles. The van der Waals surface area contributed by atoms with E-state index in [1.54, 1.807) is 11.3 Å². The van der Waals surface area contributed by atoms with Gasteiger partial charge in [0.2, 0.25) is 11.8 Å². The van der Waals surface area contributed by atoms with Crippen LogP contribution < -0.4 is 0 Å². The van der Waals surface area contributed by atoms with E-state index in [1.165, 1.54) is 9.78 Å². The fourth-order valence-corrected chi connectivity index (χ4v) is 5.67. The summed E-state index contributed by atoms with van der Waals surface area (Å²) in [7, 11) is 0. The molecule has 0 N–H and O–H groups in total. The van der Waals surface area contributed by atoms with Gasteiger partial charge in [-0.05, 0) is 50.6 Å². The molecule has 2 aromatic rings. The number of imide groups is 1. The summed E-state index contributed by atoms with van der Waals surface area (Å²) in [6.45, 7) is 4.64. The standard InChI is InChI=1S/C23H28N2O3S/c1-16-13-19(17(2)24(16)11-8-18-7-6-12-29-18)20(26)15-25-21(27)14-23(22(25)28)9-4-3-5-10-23/h6-7,12-13H,3-5,8-11,14-15H2,1-2H3. The molecule has 0 atom stereocenters. The van der Waals surface area contributed by atoms with Gasteiger partial charge in [-0.3, -0.25) is 19.3 Å². The molecule has 154 valence electrons. The molecule has 6 heteroatoms. The van der Waals surface area contributed by atoms with Gasteiger partial charge in [-0.2, -0.15) is 0 Å². The Morgan fingerprint density at radius 3 is 2.62 bits per heavy atom. The van der Waals surface area contributed by atoms with Crippen LogP contribution in [0.25, 0.3) is 0 Å². The van der Waals surface area contributed by atoms with Crippen molar-refractivity contribution in [2.45, 2.75) is 65.3 Å². The zero-order valence-electron chi connectivity index (χ0n) is 17.2. The first-order valence-electron chi connectivity index (χ1n) is 10.5. The summed E-state index contributed by atoms with van der Waals surface area (Å²) in [5.41, 5.74) is 2.03. The molecule has 3 heterocycles. The molecular formula is C23H28N2O3S. The molecule has 2 aliphatic rings. The van der Waals surface area contributed by atoms with E-state index >= 15 is 0 Å². The molecule has 1 saturated carbocycles. The highest BCUT2D eigenvalue weighted by atomic mass is 32.1. The van der Waals surface area contributed by atoms with Gasteiger partial charge < -0.3 is 4.57 Å². The van der Waals surface area contributed by atoms with Crippen LogP contribution in [0.4, 0.5) is 0 Å². The number of nitrogens with zero attached hydrogens (tertiary/aromatic N) is 2. The van der Waals surface area contributed by atoms with Crippen LogP contribution in [0.15, 0.2) is 23.6 Å². The number of thiophene rings is 1. The third-order valence-corrected chi connectivity index (χ3v) is 7.57. The van der Waals surface area contributed by atoms with Crippen LogP contribution in [-0.4, -0.2) is 33.6 Å². The van der Waals surface area contributed by atoms with Crippen LogP contribution in [0.2, 0.25) is 0 Å². The third kappa shape index (κ3) is 3.70. The van der Waals surface area contributed by atoms with E-state index in [9.17, 15) is 14.4 Å². The van der Waals surface area contributed by atoms with Gasteiger partial charge in [0.1, 0.15) is 0 Å². The highest BCUT2D eigenvalue weighted by Gasteiger charge is 2.51. The summed E-state index contributed by atoms with van der Waals surface area (Å²) >= 11 is 1.74. The molecular weight excluding hydrogens is 384 g/mol. The third-order valence-electron chi connectivity index (χ3n) is 6.64. The van der Waals surface area contributed by atoms with Crippen molar-refractivity contribution in [3.8, 4) is 0 Å². The van der Waals surface area contributed by atoms with Crippen LogP contribution in [0, 0.1) is 19.3 Å². The van der Waals surface area contributed by atoms with Crippen molar-refractivity contribution < 1.29 is 14.4 Å². The van der Waals surface area contributed by atoms with Crippen molar-refractivity contribution in [1.29, 1.82) is 0 Å². The topological polar surface area (TPSA) is 59.4 Å². The van der Waals surface area contributed by atoms with E-state index in [2.05, 4.69) is 16.0 Å². The number of ketones is 1. The Hall–Kier alpha value is -2.21. The second kappa shape index (κ2) is 7.90. The largest absolute Gasteiger partial charge is 0.348 e. The molecule has 0 unspecified atom stereocenters. The molecule has 0 bridgehead atoms. The Morgan fingerprint density at radius 1 is 1.17 bits per heavy atom. The van der Waals surface area contributed by atoms with Crippen molar-refractivity contribution >= 4 is 28.9 Å². The Bertz CT molecular complexity index is 936. The maximum absolute atomic E-state index is 13.0. The lowest BCUT2D eigenvalue weighted by atomic mass is 9.73. The second-order valence-electron chi connectivity index (χ2n) is 8.49. The molecule has 4 rings (SSSR count). The minimum atomic E-state index is -0.535. The quantitative estimate of drug-likeness (QED) is 0.525. The van der Waals surface area contributed by atoms with Crippen LogP contribution in [-0.2, 0) is 22.6 Å². The first-order valence-corrected chi connectivity index (χ1v) is 11.4. The number of rotatable bonds is 6. The van der Waals surface area contributed by atoms with Crippen LogP contribution in [0.1, 0.15) is 65.1 Å². The number of aryl methyl sites for hydroxylation is 2. The lowest BCUT2D eigenvalue weighted by molar-refractivity contribution is -0.141. The number of hydrogen-bond acceptors (Lipinski definition) is 4. The van der Waals surface area contributed by atoms with Crippen LogP contribution >= 0.6 is 11.3 Å². The monoisotopic (exact) mass is 412 g/mol. The number of carbonyl (C=O) groups is 3. The number of carbonyl (C=O) groups excluding carboxylic acids is 3. The molecule has 1 spiro atoms. The number of Topliss-reactive ketones (excluding diaryl/α,β-unsaturated/α-hetero) is 1. The second-order valence-corrected chi connectivity index (χ2v) is 9.52. The smallest absolute Gasteiger partial charge is 0.236 e. The van der Waals surface area contributed by atoms with Crippen molar-refractivity contribution in [2.24, 2.45) is 5.41 Å². The predicted molar refractivity (Wildman–Crippen MR) is 113 cm³/mol. The Kier molecular flexibility index (Phi) is 5.47. The Balaban J connectivity index is 1.48. The summed E-state index contributed by atoms with van der Waals surface area (Å²) < 4.78 is 2.16. The fraction of sp³-hybridized carbons (Fsp3) is 0.522. The van der Waals surface area contributed by atoms with E-state index < -0.39 is 5.41 Å². The Morgan fingerprint density at radius 2 is 1.93 bits per heavy atom. The molecule has 1 aliphatic heterocycles. The van der Waals surface area contributed by atoms with Gasteiger partial charge in [-0.1, -0.05) is 25.3 Å². The average molecular weight is 413 g/mol. The van der Waals surface area contributed by atoms with E-state index in [-0.39, 0.29) is 30.6 Å². The Labute approximate surface area is 175 Å². The lowest BCUT2D eigenvalue weighted by Crippen LogP contribution is -2.39. The fourth-order valence-electron chi connectivity index (χ4n) is 4.97. The summed E-state index contributed by atoms with van der Waals surface area (Å²) in [5, 5.41) is 2.07. The minimum Gasteiger partial charge on any atom is -0.348 e. The molecule has 5 nitrogen and oxygen atoms in total. The van der Waals surface area contributed by atoms with Gasteiger partial charge >= 0.3 is 0 Å². The first-order chi connectivity index (χ1) is 13.9. The number of likely N-dealkylation sites (tertiary alicyclic amines) is 1. The summed E-state index contributed by atoms with van der Waals surface area (Å²) in [4.78, 5) is 41.1. The highest BCUT2D eigenvalue weighted by Crippen LogP contribution is 2.45. The van der Waals surface area contributed by atoms with Gasteiger partial charge in [-0.15, -0.1) is 11.3 Å². The molecule has 0 aromatic carbocycles. The van der Waals surface area contributed by atoms with E-state index in [0.717, 1.165) is 56.5 Å². The number of aromatic nitrogens is 1. The maximum Gasteiger partial charge on any atom is 0.236 e. The average Bonchev–Trinajstić information content (AvgIpc) is 3.37. The normalized spacial score (nSPS) is 18.8. The lowest BCUT2D eigenvalue weighted by Gasteiger charge is -2.30. The van der Waals surface area contributed by atoms with Gasteiger partial charge in [0.25, 0.3) is 0 Å². The molecule has 2 fully saturated rings. The SMILES string of the molecule is Cc1cc(C(=O)CN2C(=O)CC3(CCCCC3)C2=O)c(C)n1CCc1cccs1. The molecule has 29 heavy (non-hydrogen) atoms. The van der Waals surface area contributed by atoms with Gasteiger partial charge in [0, 0.05) is 34.8 Å². The molecule has 1 saturated heterocycles. The van der Waals surface area contributed by atoms with Crippen LogP contribution in [0.5, 0.6) is 0 Å². The number of amides is 2.